The summed E-state index contributed by atoms with van der Waals surface area (Å²) < 4.78 is 4.92. The van der Waals surface area contributed by atoms with E-state index in [0.29, 0.717) is 12.3 Å². The minimum Gasteiger partial charge on any atom is -0.338 e. The van der Waals surface area contributed by atoms with Gasteiger partial charge in [-0.3, -0.25) is 10.1 Å². The van der Waals surface area contributed by atoms with Crippen molar-refractivity contribution >= 4 is 23.6 Å². The molecule has 19 heavy (non-hydrogen) atoms. The molecule has 0 saturated carbocycles. The number of thioether (sulfide) groups is 1. The smallest absolute Gasteiger partial charge is 0.231 e. The summed E-state index contributed by atoms with van der Waals surface area (Å²) in [7, 11) is 0. The molecular formula is C14H16N2O2S. The Balaban J connectivity index is 1.64. The first-order valence-corrected chi connectivity index (χ1v) is 7.13. The number of hydrogen-bond acceptors (Lipinski definition) is 4. The van der Waals surface area contributed by atoms with Crippen molar-refractivity contribution in [2.75, 3.05) is 11.1 Å². The maximum absolute atomic E-state index is 11.6. The Morgan fingerprint density at radius 2 is 2.16 bits per heavy atom. The molecule has 0 atom stereocenters. The lowest BCUT2D eigenvalue weighted by atomic mass is 10.3. The number of nitrogens with zero attached hydrogens (tertiary/aromatic N) is 1. The zero-order valence-corrected chi connectivity index (χ0v) is 11.6. The predicted molar refractivity (Wildman–Crippen MR) is 76.3 cm³/mol. The van der Waals surface area contributed by atoms with Crippen molar-refractivity contribution in [2.24, 2.45) is 0 Å². The van der Waals surface area contributed by atoms with E-state index in [1.165, 1.54) is 4.90 Å². The second kappa shape index (κ2) is 6.99. The van der Waals surface area contributed by atoms with Crippen molar-refractivity contribution in [1.29, 1.82) is 0 Å². The van der Waals surface area contributed by atoms with Gasteiger partial charge >= 0.3 is 0 Å². The molecule has 0 unspecified atom stereocenters. The maximum atomic E-state index is 11.6. The molecule has 0 saturated heterocycles. The van der Waals surface area contributed by atoms with E-state index < -0.39 is 0 Å². The van der Waals surface area contributed by atoms with Gasteiger partial charge in [0.05, 0.1) is 5.69 Å². The van der Waals surface area contributed by atoms with Crippen LogP contribution in [0.25, 0.3) is 0 Å². The van der Waals surface area contributed by atoms with Gasteiger partial charge in [0.25, 0.3) is 0 Å². The standard InChI is InChI=1S/C14H16N2O2S/c1-11-10-14(18-16-11)15-13(17)8-5-9-19-12-6-3-2-4-7-12/h2-4,6-7,10H,5,8-9H2,1H3,(H,15,17). The summed E-state index contributed by atoms with van der Waals surface area (Å²) in [6.45, 7) is 1.82. The normalized spacial score (nSPS) is 10.4. The van der Waals surface area contributed by atoms with E-state index >= 15 is 0 Å². The van der Waals surface area contributed by atoms with E-state index in [1.807, 2.05) is 25.1 Å². The van der Waals surface area contributed by atoms with Gasteiger partial charge < -0.3 is 4.52 Å². The lowest BCUT2D eigenvalue weighted by Crippen LogP contribution is -2.10. The van der Waals surface area contributed by atoms with Crippen LogP contribution in [0.3, 0.4) is 0 Å². The minimum absolute atomic E-state index is 0.0372. The fraction of sp³-hybridized carbons (Fsp3) is 0.286. The maximum Gasteiger partial charge on any atom is 0.231 e. The fourth-order valence-corrected chi connectivity index (χ4v) is 2.44. The quantitative estimate of drug-likeness (QED) is 0.648. The Labute approximate surface area is 116 Å². The van der Waals surface area contributed by atoms with Crippen LogP contribution in [0.15, 0.2) is 45.8 Å². The molecule has 0 bridgehead atoms. The highest BCUT2D eigenvalue weighted by molar-refractivity contribution is 7.99. The lowest BCUT2D eigenvalue weighted by molar-refractivity contribution is -0.116. The molecule has 5 heteroatoms. The number of carbonyl (C=O) groups excluding carboxylic acids is 1. The Kier molecular flexibility index (Phi) is 5.03. The van der Waals surface area contributed by atoms with E-state index in [1.54, 1.807) is 17.8 Å². The average Bonchev–Trinajstić information content (AvgIpc) is 2.81. The first kappa shape index (κ1) is 13.7. The van der Waals surface area contributed by atoms with Gasteiger partial charge in [-0.15, -0.1) is 11.8 Å². The molecule has 0 aliphatic rings. The molecule has 0 aliphatic heterocycles. The van der Waals surface area contributed by atoms with Gasteiger partial charge in [-0.05, 0) is 31.2 Å². The molecule has 1 amide bonds. The van der Waals surface area contributed by atoms with Crippen LogP contribution >= 0.6 is 11.8 Å². The average molecular weight is 276 g/mol. The predicted octanol–water partition coefficient (Wildman–Crippen LogP) is 3.49. The molecule has 1 N–H and O–H groups in total. The van der Waals surface area contributed by atoms with Crippen LogP contribution in [-0.4, -0.2) is 16.8 Å². The van der Waals surface area contributed by atoms with Crippen LogP contribution < -0.4 is 5.32 Å². The highest BCUT2D eigenvalue weighted by atomic mass is 32.2. The molecule has 0 aliphatic carbocycles. The largest absolute Gasteiger partial charge is 0.338 e. The molecule has 1 aromatic carbocycles. The number of nitrogens with one attached hydrogen (secondary N) is 1. The summed E-state index contributed by atoms with van der Waals surface area (Å²) in [6.07, 6.45) is 1.32. The number of aromatic nitrogens is 1. The number of anilines is 1. The molecule has 0 radical (unpaired) electrons. The number of rotatable bonds is 6. The van der Waals surface area contributed by atoms with Gasteiger partial charge in [0, 0.05) is 17.4 Å². The van der Waals surface area contributed by atoms with Crippen molar-refractivity contribution in [1.82, 2.24) is 5.16 Å². The first-order chi connectivity index (χ1) is 9.24. The fourth-order valence-electron chi connectivity index (χ4n) is 1.56. The third kappa shape index (κ3) is 4.79. The van der Waals surface area contributed by atoms with E-state index in [4.69, 9.17) is 4.52 Å². The van der Waals surface area contributed by atoms with Gasteiger partial charge in [0.15, 0.2) is 0 Å². The summed E-state index contributed by atoms with van der Waals surface area (Å²) in [6, 6.07) is 11.9. The highest BCUT2D eigenvalue weighted by Crippen LogP contribution is 2.18. The van der Waals surface area contributed by atoms with Gasteiger partial charge in [-0.25, -0.2) is 0 Å². The molecule has 4 nitrogen and oxygen atoms in total. The van der Waals surface area contributed by atoms with Crippen molar-refractivity contribution < 1.29 is 9.32 Å². The molecule has 2 rings (SSSR count). The van der Waals surface area contributed by atoms with E-state index in [2.05, 4.69) is 22.6 Å². The molecule has 1 aromatic heterocycles. The molecular weight excluding hydrogens is 260 g/mol. The van der Waals surface area contributed by atoms with E-state index in [0.717, 1.165) is 17.9 Å². The SMILES string of the molecule is Cc1cc(NC(=O)CCCSc2ccccc2)on1. The lowest BCUT2D eigenvalue weighted by Gasteiger charge is -2.02. The van der Waals surface area contributed by atoms with Gasteiger partial charge in [-0.1, -0.05) is 23.4 Å². The highest BCUT2D eigenvalue weighted by Gasteiger charge is 2.06. The van der Waals surface area contributed by atoms with Gasteiger partial charge in [0.2, 0.25) is 11.8 Å². The topological polar surface area (TPSA) is 55.1 Å². The molecule has 0 spiro atoms. The van der Waals surface area contributed by atoms with E-state index in [-0.39, 0.29) is 5.91 Å². The number of benzene rings is 1. The molecule has 100 valence electrons. The number of carbonyl (C=O) groups is 1. The Hall–Kier alpha value is -1.75. The second-order valence-corrected chi connectivity index (χ2v) is 5.31. The van der Waals surface area contributed by atoms with Crippen LogP contribution in [0.1, 0.15) is 18.5 Å². The van der Waals surface area contributed by atoms with Crippen LogP contribution in [0.2, 0.25) is 0 Å². The van der Waals surface area contributed by atoms with Gasteiger partial charge in [0.1, 0.15) is 0 Å². The van der Waals surface area contributed by atoms with Crippen LogP contribution in [0.5, 0.6) is 0 Å². The number of hydrogen-bond donors (Lipinski definition) is 1. The van der Waals surface area contributed by atoms with Crippen LogP contribution in [0, 0.1) is 6.92 Å². The summed E-state index contributed by atoms with van der Waals surface area (Å²) in [5, 5.41) is 6.40. The summed E-state index contributed by atoms with van der Waals surface area (Å²) >= 11 is 1.76. The number of aryl methyl sites for hydroxylation is 1. The Bertz CT molecular complexity index is 525. The van der Waals surface area contributed by atoms with Crippen molar-refractivity contribution in [2.45, 2.75) is 24.7 Å². The van der Waals surface area contributed by atoms with E-state index in [9.17, 15) is 4.79 Å². The van der Waals surface area contributed by atoms with Gasteiger partial charge in [-0.2, -0.15) is 0 Å². The number of amides is 1. The second-order valence-electron chi connectivity index (χ2n) is 4.15. The monoisotopic (exact) mass is 276 g/mol. The van der Waals surface area contributed by atoms with Crippen LogP contribution in [0.4, 0.5) is 5.88 Å². The van der Waals surface area contributed by atoms with Crippen molar-refractivity contribution in [3.63, 3.8) is 0 Å². The Morgan fingerprint density at radius 3 is 2.84 bits per heavy atom. The van der Waals surface area contributed by atoms with Crippen LogP contribution in [-0.2, 0) is 4.79 Å². The van der Waals surface area contributed by atoms with Crippen molar-refractivity contribution in [3.05, 3.63) is 42.1 Å². The molecule has 1 heterocycles. The summed E-state index contributed by atoms with van der Waals surface area (Å²) in [5.74, 6) is 1.30. The van der Waals surface area contributed by atoms with Crippen molar-refractivity contribution in [3.8, 4) is 0 Å². The summed E-state index contributed by atoms with van der Waals surface area (Å²) in [5.41, 5.74) is 0.759. The minimum atomic E-state index is -0.0372. The first-order valence-electron chi connectivity index (χ1n) is 6.15. The zero-order valence-electron chi connectivity index (χ0n) is 10.8. The third-order valence-corrected chi connectivity index (χ3v) is 3.55. The zero-order chi connectivity index (χ0) is 13.5. The molecule has 0 fully saturated rings. The molecule has 2 aromatic rings. The summed E-state index contributed by atoms with van der Waals surface area (Å²) in [4.78, 5) is 12.9. The third-order valence-electron chi connectivity index (χ3n) is 2.45. The Morgan fingerprint density at radius 1 is 1.37 bits per heavy atom.